The summed E-state index contributed by atoms with van der Waals surface area (Å²) in [5, 5.41) is 12.4. The fraction of sp³-hybridized carbons (Fsp3) is 0.0597. The summed E-state index contributed by atoms with van der Waals surface area (Å²) in [5.41, 5.74) is 8.19. The molecule has 12 heteroatoms. The Morgan fingerprint density at radius 1 is 0.392 bits per heavy atom. The molecule has 0 atom stereocenters. The minimum Gasteiger partial charge on any atom is -0.308 e. The molecule has 0 saturated heterocycles. The number of alkyl halides is 6. The zero-order valence-electron chi connectivity index (χ0n) is 42.2. The Labute approximate surface area is 450 Å². The molecular formula is C67H42F6N6. The second-order valence-electron chi connectivity index (χ2n) is 19.3. The van der Waals surface area contributed by atoms with Gasteiger partial charge in [-0.2, -0.15) is 31.6 Å². The molecular weight excluding hydrogens is 1000 g/mol. The van der Waals surface area contributed by atoms with Crippen molar-refractivity contribution in [2.45, 2.75) is 26.2 Å². The normalized spacial score (nSPS) is 11.8. The standard InChI is InChI=1S/C67H42F6N6/c1-40-23-27-51(56(31-40)67(71,72)73)48-25-29-53-52-28-24-47(50-30-26-49(32-41(50)2)66(68,69)70)35-61(52)79(62(53)36-48)63-54(64-75-57(43-15-7-3-8-16-43)37-58(76-64)44-17-9-4-10-18-44)33-42(39-74)34-55(63)65-77-59(45-19-11-5-12-20-45)38-60(78-65)46-21-13-6-14-22-46/h3-38H,1-2H3. The topological polar surface area (TPSA) is 80.3 Å². The summed E-state index contributed by atoms with van der Waals surface area (Å²) in [6.07, 6.45) is -9.29. The number of fused-ring (bicyclic) bond motifs is 3. The van der Waals surface area contributed by atoms with Crippen LogP contribution in [0.2, 0.25) is 0 Å². The summed E-state index contributed by atoms with van der Waals surface area (Å²) in [6.45, 7) is 3.23. The van der Waals surface area contributed by atoms with Crippen molar-refractivity contribution in [3.05, 3.63) is 246 Å². The van der Waals surface area contributed by atoms with Crippen molar-refractivity contribution in [3.8, 4) is 102 Å². The molecule has 3 aromatic heterocycles. The molecule has 0 amide bonds. The largest absolute Gasteiger partial charge is 0.417 e. The summed E-state index contributed by atoms with van der Waals surface area (Å²) >= 11 is 0. The average molecular weight is 1050 g/mol. The third kappa shape index (κ3) is 9.57. The van der Waals surface area contributed by atoms with Crippen LogP contribution in [0.5, 0.6) is 0 Å². The molecule has 0 bridgehead atoms. The first-order valence-corrected chi connectivity index (χ1v) is 25.2. The number of aromatic nitrogens is 5. The van der Waals surface area contributed by atoms with Gasteiger partial charge in [-0.05, 0) is 96.3 Å². The fourth-order valence-electron chi connectivity index (χ4n) is 10.3. The number of hydrogen-bond donors (Lipinski definition) is 0. The Hall–Kier alpha value is -9.99. The first kappa shape index (κ1) is 49.9. The van der Waals surface area contributed by atoms with Gasteiger partial charge in [0.25, 0.3) is 0 Å². The quantitative estimate of drug-likeness (QED) is 0.135. The van der Waals surface area contributed by atoms with Gasteiger partial charge in [0.2, 0.25) is 0 Å². The highest BCUT2D eigenvalue weighted by Crippen LogP contribution is 2.46. The van der Waals surface area contributed by atoms with E-state index in [0.29, 0.717) is 83.6 Å². The fourth-order valence-corrected chi connectivity index (χ4v) is 10.3. The lowest BCUT2D eigenvalue weighted by atomic mass is 9.96. The molecule has 79 heavy (non-hydrogen) atoms. The zero-order chi connectivity index (χ0) is 54.6. The van der Waals surface area contributed by atoms with Gasteiger partial charge in [-0.1, -0.05) is 169 Å². The Kier molecular flexibility index (Phi) is 12.5. The second-order valence-corrected chi connectivity index (χ2v) is 19.3. The maximum Gasteiger partial charge on any atom is 0.417 e. The summed E-state index contributed by atoms with van der Waals surface area (Å²) in [6, 6.07) is 66.5. The van der Waals surface area contributed by atoms with E-state index in [9.17, 15) is 18.4 Å². The Morgan fingerprint density at radius 3 is 1.20 bits per heavy atom. The molecule has 6 nitrogen and oxygen atoms in total. The van der Waals surface area contributed by atoms with Crippen LogP contribution in [0.15, 0.2) is 218 Å². The van der Waals surface area contributed by atoms with Gasteiger partial charge in [0.1, 0.15) is 0 Å². The van der Waals surface area contributed by atoms with Crippen molar-refractivity contribution in [3.63, 3.8) is 0 Å². The molecule has 0 aliphatic rings. The maximum absolute atomic E-state index is 15.1. The summed E-state index contributed by atoms with van der Waals surface area (Å²) in [4.78, 5) is 21.2. The third-order valence-corrected chi connectivity index (χ3v) is 14.1. The lowest BCUT2D eigenvalue weighted by Crippen LogP contribution is -2.08. The molecule has 0 aliphatic heterocycles. The molecule has 12 rings (SSSR count). The number of nitrogens with zero attached hydrogens (tertiary/aromatic N) is 6. The van der Waals surface area contributed by atoms with Gasteiger partial charge in [-0.15, -0.1) is 0 Å². The van der Waals surface area contributed by atoms with E-state index < -0.39 is 23.5 Å². The van der Waals surface area contributed by atoms with E-state index >= 15 is 13.2 Å². The molecule has 12 aromatic rings. The number of halogens is 6. The van der Waals surface area contributed by atoms with Crippen molar-refractivity contribution in [2.24, 2.45) is 0 Å². The van der Waals surface area contributed by atoms with Crippen LogP contribution < -0.4 is 0 Å². The Balaban J connectivity index is 1.26. The molecule has 9 aromatic carbocycles. The minimum absolute atomic E-state index is 0.0454. The summed E-state index contributed by atoms with van der Waals surface area (Å²) in [5.74, 6) is 0.407. The highest BCUT2D eigenvalue weighted by atomic mass is 19.4. The third-order valence-electron chi connectivity index (χ3n) is 14.1. The van der Waals surface area contributed by atoms with E-state index in [1.165, 1.54) is 12.1 Å². The molecule has 0 radical (unpaired) electrons. The Morgan fingerprint density at radius 2 is 0.810 bits per heavy atom. The van der Waals surface area contributed by atoms with E-state index in [2.05, 4.69) is 6.07 Å². The first-order valence-electron chi connectivity index (χ1n) is 25.2. The smallest absolute Gasteiger partial charge is 0.308 e. The van der Waals surface area contributed by atoms with Gasteiger partial charge in [-0.3, -0.25) is 0 Å². The SMILES string of the molecule is Cc1ccc(-c2ccc3c4ccc(-c5ccc(C(F)(F)F)cc5C)cc4n(-c4c(-c5nc(-c6ccccc6)cc(-c6ccccc6)n5)cc(C#N)cc4-c4nc(-c5ccccc5)cc(-c5ccccc5)n4)c3c2)c(C(F)(F)F)c1. The highest BCUT2D eigenvalue weighted by molar-refractivity contribution is 6.12. The lowest BCUT2D eigenvalue weighted by molar-refractivity contribution is -0.138. The van der Waals surface area contributed by atoms with E-state index in [4.69, 9.17) is 19.9 Å². The molecule has 0 saturated carbocycles. The van der Waals surface area contributed by atoms with Gasteiger partial charge in [0, 0.05) is 44.2 Å². The molecule has 0 fully saturated rings. The average Bonchev–Trinajstić information content (AvgIpc) is 3.79. The zero-order valence-corrected chi connectivity index (χ0v) is 42.2. The maximum atomic E-state index is 15.1. The predicted octanol–water partition coefficient (Wildman–Crippen LogP) is 18.2. The van der Waals surface area contributed by atoms with Gasteiger partial charge in [-0.25, -0.2) is 19.9 Å². The second kappa shape index (κ2) is 19.9. The van der Waals surface area contributed by atoms with Crippen LogP contribution in [0.3, 0.4) is 0 Å². The Bertz CT molecular complexity index is 4090. The van der Waals surface area contributed by atoms with Crippen LogP contribution >= 0.6 is 0 Å². The van der Waals surface area contributed by atoms with E-state index in [-0.39, 0.29) is 28.3 Å². The first-order chi connectivity index (χ1) is 38.2. The molecule has 0 aliphatic carbocycles. The summed E-state index contributed by atoms with van der Waals surface area (Å²) in [7, 11) is 0. The monoisotopic (exact) mass is 1040 g/mol. The van der Waals surface area contributed by atoms with Crippen LogP contribution in [0.25, 0.3) is 118 Å². The number of nitriles is 1. The lowest BCUT2D eigenvalue weighted by Gasteiger charge is -2.20. The van der Waals surface area contributed by atoms with Gasteiger partial charge in [0.05, 0.1) is 62.3 Å². The minimum atomic E-state index is -4.71. The molecule has 0 spiro atoms. The molecule has 3 heterocycles. The predicted molar refractivity (Wildman–Crippen MR) is 300 cm³/mol. The van der Waals surface area contributed by atoms with Crippen molar-refractivity contribution < 1.29 is 26.3 Å². The van der Waals surface area contributed by atoms with Crippen LogP contribution in [-0.2, 0) is 12.4 Å². The highest BCUT2D eigenvalue weighted by Gasteiger charge is 2.35. The summed E-state index contributed by atoms with van der Waals surface area (Å²) < 4.78 is 89.7. The number of hydrogen-bond acceptors (Lipinski definition) is 5. The molecule has 382 valence electrons. The van der Waals surface area contributed by atoms with Crippen molar-refractivity contribution in [2.75, 3.05) is 0 Å². The van der Waals surface area contributed by atoms with Crippen LogP contribution in [0, 0.1) is 25.2 Å². The van der Waals surface area contributed by atoms with Gasteiger partial charge in [0.15, 0.2) is 11.6 Å². The van der Waals surface area contributed by atoms with Crippen LogP contribution in [0.1, 0.15) is 27.8 Å². The van der Waals surface area contributed by atoms with Crippen LogP contribution in [-0.4, -0.2) is 24.5 Å². The van der Waals surface area contributed by atoms with E-state index in [0.717, 1.165) is 40.5 Å². The van der Waals surface area contributed by atoms with Crippen molar-refractivity contribution >= 4 is 21.8 Å². The number of rotatable bonds is 9. The molecule has 0 unspecified atom stereocenters. The van der Waals surface area contributed by atoms with Gasteiger partial charge >= 0.3 is 12.4 Å². The van der Waals surface area contributed by atoms with Crippen LogP contribution in [0.4, 0.5) is 26.3 Å². The van der Waals surface area contributed by atoms with Crippen molar-refractivity contribution in [1.82, 2.24) is 24.5 Å². The van der Waals surface area contributed by atoms with Gasteiger partial charge < -0.3 is 4.57 Å². The molecule has 0 N–H and O–H groups in total. The van der Waals surface area contributed by atoms with Crippen molar-refractivity contribution in [1.29, 1.82) is 5.26 Å². The van der Waals surface area contributed by atoms with E-state index in [1.54, 1.807) is 50.2 Å². The van der Waals surface area contributed by atoms with E-state index in [1.807, 2.05) is 156 Å². The number of benzene rings is 9. The number of aryl methyl sites for hydroxylation is 2.